The number of urea groups is 2. The van der Waals surface area contributed by atoms with Crippen LogP contribution in [-0.4, -0.2) is 49.8 Å². The molecule has 0 saturated carbocycles. The minimum Gasteiger partial charge on any atom is -0.460 e. The topological polar surface area (TPSA) is 109 Å². The van der Waals surface area contributed by atoms with E-state index in [1.54, 1.807) is 36.1 Å². The third kappa shape index (κ3) is 5.95. The molecule has 0 aliphatic carbocycles. The van der Waals surface area contributed by atoms with Crippen LogP contribution in [0.3, 0.4) is 0 Å². The highest BCUT2D eigenvalue weighted by Crippen LogP contribution is 2.32. The fraction of sp³-hybridized carbons (Fsp3) is 0.276. The largest absolute Gasteiger partial charge is 0.460 e. The van der Waals surface area contributed by atoms with Crippen LogP contribution in [0.2, 0.25) is 0 Å². The molecule has 1 heterocycles. The number of fused-ring (bicyclic) bond motifs is 1. The van der Waals surface area contributed by atoms with Crippen molar-refractivity contribution in [3.05, 3.63) is 83.6 Å². The van der Waals surface area contributed by atoms with E-state index < -0.39 is 18.0 Å². The standard InChI is InChI=1S/C29H32N4O5/c1-4-15-33-19(2)25(27(34)38-17-16-37-3)26(32-29(33)36)21-11-7-12-22(18-21)30-28(35)31-24-14-8-10-20-9-5-6-13-23(20)24/h5-14,18,26H,4,15-17H2,1-3H3,(H,32,36)(H2,30,31,35). The van der Waals surface area contributed by atoms with E-state index in [-0.39, 0.29) is 19.2 Å². The summed E-state index contributed by atoms with van der Waals surface area (Å²) in [6.45, 7) is 4.53. The molecule has 4 amide bonds. The molecule has 0 bridgehead atoms. The van der Waals surface area contributed by atoms with Crippen LogP contribution in [0.25, 0.3) is 10.8 Å². The van der Waals surface area contributed by atoms with Gasteiger partial charge in [0.15, 0.2) is 0 Å². The highest BCUT2D eigenvalue weighted by Gasteiger charge is 2.36. The average Bonchev–Trinajstić information content (AvgIpc) is 2.91. The smallest absolute Gasteiger partial charge is 0.338 e. The second-order valence-corrected chi connectivity index (χ2v) is 8.89. The number of anilines is 2. The van der Waals surface area contributed by atoms with Gasteiger partial charge in [0.2, 0.25) is 0 Å². The number of rotatable bonds is 9. The van der Waals surface area contributed by atoms with Crippen LogP contribution in [0.15, 0.2) is 78.0 Å². The molecule has 0 fully saturated rings. The number of hydrogen-bond acceptors (Lipinski definition) is 5. The molecule has 1 aliphatic heterocycles. The number of amides is 4. The molecule has 4 rings (SSSR count). The minimum absolute atomic E-state index is 0.0937. The Morgan fingerprint density at radius 3 is 2.55 bits per heavy atom. The molecule has 3 aromatic rings. The van der Waals surface area contributed by atoms with Crippen molar-refractivity contribution >= 4 is 40.2 Å². The molecule has 1 unspecified atom stereocenters. The van der Waals surface area contributed by atoms with Crippen LogP contribution in [0.4, 0.5) is 21.0 Å². The highest BCUT2D eigenvalue weighted by atomic mass is 16.6. The normalized spacial score (nSPS) is 15.3. The van der Waals surface area contributed by atoms with Gasteiger partial charge in [0.1, 0.15) is 6.61 Å². The number of benzene rings is 3. The first kappa shape index (κ1) is 26.7. The van der Waals surface area contributed by atoms with Gasteiger partial charge in [-0.2, -0.15) is 0 Å². The van der Waals surface area contributed by atoms with Crippen molar-refractivity contribution in [3.63, 3.8) is 0 Å². The Balaban J connectivity index is 1.58. The summed E-state index contributed by atoms with van der Waals surface area (Å²) < 4.78 is 10.4. The van der Waals surface area contributed by atoms with E-state index in [0.29, 0.717) is 34.8 Å². The molecule has 38 heavy (non-hydrogen) atoms. The zero-order chi connectivity index (χ0) is 27.1. The van der Waals surface area contributed by atoms with Gasteiger partial charge in [0.05, 0.1) is 23.9 Å². The Kier molecular flexibility index (Phi) is 8.60. The summed E-state index contributed by atoms with van der Waals surface area (Å²) in [5, 5.41) is 10.6. The van der Waals surface area contributed by atoms with Crippen LogP contribution >= 0.6 is 0 Å². The van der Waals surface area contributed by atoms with E-state index in [1.165, 1.54) is 7.11 Å². The fourth-order valence-electron chi connectivity index (χ4n) is 4.50. The van der Waals surface area contributed by atoms with E-state index >= 15 is 0 Å². The summed E-state index contributed by atoms with van der Waals surface area (Å²) in [6.07, 6.45) is 0.729. The van der Waals surface area contributed by atoms with Crippen LogP contribution in [0.1, 0.15) is 31.9 Å². The lowest BCUT2D eigenvalue weighted by Crippen LogP contribution is -2.48. The molecule has 0 radical (unpaired) electrons. The lowest BCUT2D eigenvalue weighted by atomic mass is 9.94. The molecule has 1 atom stereocenters. The summed E-state index contributed by atoms with van der Waals surface area (Å²) in [4.78, 5) is 40.4. The van der Waals surface area contributed by atoms with Crippen LogP contribution in [0, 0.1) is 0 Å². The monoisotopic (exact) mass is 516 g/mol. The van der Waals surface area contributed by atoms with Crippen molar-refractivity contribution < 1.29 is 23.9 Å². The van der Waals surface area contributed by atoms with Crippen LogP contribution in [-0.2, 0) is 14.3 Å². The predicted octanol–water partition coefficient (Wildman–Crippen LogP) is 5.42. The Hall–Kier alpha value is -4.37. The van der Waals surface area contributed by atoms with E-state index in [2.05, 4.69) is 16.0 Å². The van der Waals surface area contributed by atoms with Gasteiger partial charge in [0.25, 0.3) is 0 Å². The van der Waals surface area contributed by atoms with Gasteiger partial charge in [-0.3, -0.25) is 4.90 Å². The summed E-state index contributed by atoms with van der Waals surface area (Å²) in [6, 6.07) is 19.1. The maximum atomic E-state index is 13.1. The zero-order valence-corrected chi connectivity index (χ0v) is 21.7. The number of nitrogens with one attached hydrogen (secondary N) is 3. The summed E-state index contributed by atoms with van der Waals surface area (Å²) in [5.41, 5.74) is 2.71. The average molecular weight is 517 g/mol. The molecular formula is C29H32N4O5. The Morgan fingerprint density at radius 1 is 1.00 bits per heavy atom. The van der Waals surface area contributed by atoms with Gasteiger partial charge in [-0.15, -0.1) is 0 Å². The first-order valence-electron chi connectivity index (χ1n) is 12.5. The summed E-state index contributed by atoms with van der Waals surface area (Å²) in [7, 11) is 1.53. The molecule has 0 aromatic heterocycles. The molecule has 9 heteroatoms. The molecular weight excluding hydrogens is 484 g/mol. The second kappa shape index (κ2) is 12.2. The quantitative estimate of drug-likeness (QED) is 0.260. The van der Waals surface area contributed by atoms with E-state index in [9.17, 15) is 14.4 Å². The van der Waals surface area contributed by atoms with Crippen molar-refractivity contribution in [2.75, 3.05) is 37.5 Å². The first-order valence-corrected chi connectivity index (χ1v) is 12.5. The molecule has 0 spiro atoms. The van der Waals surface area contributed by atoms with Crippen molar-refractivity contribution in [2.24, 2.45) is 0 Å². The van der Waals surface area contributed by atoms with Gasteiger partial charge in [-0.25, -0.2) is 14.4 Å². The summed E-state index contributed by atoms with van der Waals surface area (Å²) >= 11 is 0. The van der Waals surface area contributed by atoms with Gasteiger partial charge in [-0.05, 0) is 42.5 Å². The van der Waals surface area contributed by atoms with E-state index in [4.69, 9.17) is 9.47 Å². The minimum atomic E-state index is -0.742. The Bertz CT molecular complexity index is 1360. The van der Waals surface area contributed by atoms with Gasteiger partial charge >= 0.3 is 18.0 Å². The maximum Gasteiger partial charge on any atom is 0.338 e. The van der Waals surface area contributed by atoms with E-state index in [0.717, 1.165) is 17.2 Å². The van der Waals surface area contributed by atoms with Gasteiger partial charge in [0, 0.05) is 30.4 Å². The third-order valence-electron chi connectivity index (χ3n) is 6.30. The number of nitrogens with zero attached hydrogens (tertiary/aromatic N) is 1. The molecule has 3 aromatic carbocycles. The maximum absolute atomic E-state index is 13.1. The third-order valence-corrected chi connectivity index (χ3v) is 6.30. The molecule has 198 valence electrons. The lowest BCUT2D eigenvalue weighted by molar-refractivity contribution is -0.140. The summed E-state index contributed by atoms with van der Waals surface area (Å²) in [5.74, 6) is -0.530. The zero-order valence-electron chi connectivity index (χ0n) is 21.7. The number of allylic oxidation sites excluding steroid dienone is 1. The highest BCUT2D eigenvalue weighted by molar-refractivity contribution is 6.06. The van der Waals surface area contributed by atoms with Crippen molar-refractivity contribution in [2.45, 2.75) is 26.3 Å². The SMILES string of the molecule is CCCN1C(=O)NC(c2cccc(NC(=O)Nc3cccc4ccccc34)c2)C(C(=O)OCCOC)=C1C. The van der Waals surface area contributed by atoms with Crippen molar-refractivity contribution in [3.8, 4) is 0 Å². The number of esters is 1. The number of carbonyl (C=O) groups excluding carboxylic acids is 3. The fourth-order valence-corrected chi connectivity index (χ4v) is 4.50. The number of ether oxygens (including phenoxy) is 2. The molecule has 0 saturated heterocycles. The number of carbonyl (C=O) groups is 3. The van der Waals surface area contributed by atoms with Gasteiger partial charge < -0.3 is 25.4 Å². The van der Waals surface area contributed by atoms with Crippen molar-refractivity contribution in [1.29, 1.82) is 0 Å². The second-order valence-electron chi connectivity index (χ2n) is 8.89. The molecule has 3 N–H and O–H groups in total. The van der Waals surface area contributed by atoms with E-state index in [1.807, 2.05) is 49.4 Å². The Labute approximate surface area is 221 Å². The number of methoxy groups -OCH3 is 1. The lowest BCUT2D eigenvalue weighted by Gasteiger charge is -2.35. The first-order chi connectivity index (χ1) is 18.4. The molecule has 1 aliphatic rings. The van der Waals surface area contributed by atoms with Gasteiger partial charge in [-0.1, -0.05) is 55.5 Å². The Morgan fingerprint density at radius 2 is 1.76 bits per heavy atom. The molecule has 9 nitrogen and oxygen atoms in total. The number of hydrogen-bond donors (Lipinski definition) is 3. The van der Waals surface area contributed by atoms with Crippen LogP contribution in [0.5, 0.6) is 0 Å². The predicted molar refractivity (Wildman–Crippen MR) is 147 cm³/mol. The van der Waals surface area contributed by atoms with Crippen LogP contribution < -0.4 is 16.0 Å². The van der Waals surface area contributed by atoms with Crippen molar-refractivity contribution in [1.82, 2.24) is 10.2 Å².